The molecule has 0 aliphatic carbocycles. The summed E-state index contributed by atoms with van der Waals surface area (Å²) in [6, 6.07) is 1.47. The lowest BCUT2D eigenvalue weighted by Gasteiger charge is -2.20. The number of aromatic hydroxyl groups is 2. The molecule has 0 unspecified atom stereocenters. The van der Waals surface area contributed by atoms with Crippen molar-refractivity contribution in [1.82, 2.24) is 5.43 Å². The molecule has 0 atom stereocenters. The lowest BCUT2D eigenvalue weighted by Crippen LogP contribution is -2.33. The summed E-state index contributed by atoms with van der Waals surface area (Å²) in [6.07, 6.45) is 1.28. The van der Waals surface area contributed by atoms with Crippen LogP contribution in [0.15, 0.2) is 20.1 Å². The second-order valence-corrected chi connectivity index (χ2v) is 6.41. The number of phenols is 2. The zero-order valence-corrected chi connectivity index (χ0v) is 14.8. The molecule has 3 N–H and O–H groups in total. The van der Waals surface area contributed by atoms with Crippen LogP contribution in [0.5, 0.6) is 11.5 Å². The third-order valence-electron chi connectivity index (χ3n) is 2.97. The molecule has 1 fully saturated rings. The van der Waals surface area contributed by atoms with Crippen molar-refractivity contribution in [2.75, 3.05) is 13.2 Å². The molecule has 1 aromatic rings. The second-order valence-electron chi connectivity index (χ2n) is 4.76. The van der Waals surface area contributed by atoms with Gasteiger partial charge in [-0.15, -0.1) is 0 Å². The van der Waals surface area contributed by atoms with Gasteiger partial charge in [0.1, 0.15) is 16.0 Å². The Balaban J connectivity index is 1.99. The summed E-state index contributed by atoms with van der Waals surface area (Å²) in [5, 5.41) is 23.3. The molecule has 2 rings (SSSR count). The van der Waals surface area contributed by atoms with Crippen LogP contribution in [0.25, 0.3) is 0 Å². The standard InChI is InChI=1S/C13H14Br2N2O5/c1-13(21-2-3-22-13)5-9(18)17-16-6-7-4-8(14)12(20)10(15)11(7)19/h4,6,19-20H,2-3,5H2,1H3,(H,17,18)/b16-6-. The Bertz CT molecular complexity index is 615. The first kappa shape index (κ1) is 17.2. The quantitative estimate of drug-likeness (QED) is 0.495. The highest BCUT2D eigenvalue weighted by Gasteiger charge is 2.33. The lowest BCUT2D eigenvalue weighted by atomic mass is 10.2. The van der Waals surface area contributed by atoms with Gasteiger partial charge in [0.15, 0.2) is 5.79 Å². The molecule has 9 heteroatoms. The molecule has 120 valence electrons. The number of halogens is 2. The third kappa shape index (κ3) is 3.97. The van der Waals surface area contributed by atoms with Gasteiger partial charge in [-0.25, -0.2) is 5.43 Å². The number of ether oxygens (including phenoxy) is 2. The highest BCUT2D eigenvalue weighted by molar-refractivity contribution is 9.11. The van der Waals surface area contributed by atoms with Gasteiger partial charge in [-0.3, -0.25) is 4.79 Å². The molecule has 1 saturated heterocycles. The Morgan fingerprint density at radius 3 is 2.68 bits per heavy atom. The van der Waals surface area contributed by atoms with Gasteiger partial charge in [-0.1, -0.05) is 0 Å². The molecule has 1 amide bonds. The Kier molecular flexibility index (Phi) is 5.43. The number of amides is 1. The van der Waals surface area contributed by atoms with Crippen LogP contribution >= 0.6 is 31.9 Å². The van der Waals surface area contributed by atoms with Gasteiger partial charge in [0.2, 0.25) is 5.91 Å². The predicted molar refractivity (Wildman–Crippen MR) is 85.8 cm³/mol. The van der Waals surface area contributed by atoms with Crippen LogP contribution in [-0.2, 0) is 14.3 Å². The maximum absolute atomic E-state index is 11.8. The van der Waals surface area contributed by atoms with E-state index in [1.165, 1.54) is 12.3 Å². The first-order valence-corrected chi connectivity index (χ1v) is 7.91. The Morgan fingerprint density at radius 2 is 2.05 bits per heavy atom. The number of nitrogens with one attached hydrogen (secondary N) is 1. The molecule has 0 bridgehead atoms. The molecular weight excluding hydrogens is 424 g/mol. The Morgan fingerprint density at radius 1 is 1.41 bits per heavy atom. The van der Waals surface area contributed by atoms with Crippen molar-refractivity contribution in [3.8, 4) is 11.5 Å². The molecule has 0 saturated carbocycles. The minimum Gasteiger partial charge on any atom is -0.506 e. The average molecular weight is 438 g/mol. The highest BCUT2D eigenvalue weighted by atomic mass is 79.9. The lowest BCUT2D eigenvalue weighted by molar-refractivity contribution is -0.159. The van der Waals surface area contributed by atoms with E-state index in [1.54, 1.807) is 6.92 Å². The molecule has 1 heterocycles. The Labute approximate surface area is 143 Å². The summed E-state index contributed by atoms with van der Waals surface area (Å²) in [7, 11) is 0. The van der Waals surface area contributed by atoms with Crippen molar-refractivity contribution >= 4 is 44.0 Å². The second kappa shape index (κ2) is 6.95. The minimum absolute atomic E-state index is 0.0132. The van der Waals surface area contributed by atoms with Crippen LogP contribution in [0.2, 0.25) is 0 Å². The van der Waals surface area contributed by atoms with E-state index in [4.69, 9.17) is 9.47 Å². The molecule has 22 heavy (non-hydrogen) atoms. The van der Waals surface area contributed by atoms with E-state index in [1.807, 2.05) is 0 Å². The molecule has 0 radical (unpaired) electrons. The van der Waals surface area contributed by atoms with Crippen LogP contribution < -0.4 is 5.43 Å². The number of carbonyl (C=O) groups excluding carboxylic acids is 1. The average Bonchev–Trinajstić information content (AvgIpc) is 2.88. The number of rotatable bonds is 4. The number of benzene rings is 1. The topological polar surface area (TPSA) is 100 Å². The molecular formula is C13H14Br2N2O5. The minimum atomic E-state index is -0.924. The van der Waals surface area contributed by atoms with Crippen LogP contribution in [0, 0.1) is 0 Å². The van der Waals surface area contributed by atoms with Crippen molar-refractivity contribution in [1.29, 1.82) is 0 Å². The van der Waals surface area contributed by atoms with Crippen molar-refractivity contribution in [3.63, 3.8) is 0 Å². The van der Waals surface area contributed by atoms with Crippen molar-refractivity contribution in [3.05, 3.63) is 20.6 Å². The monoisotopic (exact) mass is 436 g/mol. The fourth-order valence-corrected chi connectivity index (χ4v) is 3.03. The van der Waals surface area contributed by atoms with E-state index in [2.05, 4.69) is 42.4 Å². The third-order valence-corrected chi connectivity index (χ3v) is 4.33. The van der Waals surface area contributed by atoms with E-state index in [0.29, 0.717) is 23.2 Å². The van der Waals surface area contributed by atoms with E-state index >= 15 is 0 Å². The molecule has 1 aromatic carbocycles. The largest absolute Gasteiger partial charge is 0.506 e. The first-order chi connectivity index (χ1) is 10.3. The normalized spacial score (nSPS) is 17.0. The van der Waals surface area contributed by atoms with Crippen LogP contribution in [-0.4, -0.2) is 41.3 Å². The zero-order valence-electron chi connectivity index (χ0n) is 11.6. The van der Waals surface area contributed by atoms with E-state index in [-0.39, 0.29) is 28.3 Å². The number of phenolic OH excluding ortho intramolecular Hbond substituents is 2. The van der Waals surface area contributed by atoms with E-state index in [9.17, 15) is 15.0 Å². The predicted octanol–water partition coefficient (Wildman–Crippen LogP) is 2.23. The molecule has 1 aliphatic rings. The molecule has 0 aromatic heterocycles. The van der Waals surface area contributed by atoms with Gasteiger partial charge in [0.05, 0.1) is 30.3 Å². The zero-order chi connectivity index (χ0) is 16.3. The highest BCUT2D eigenvalue weighted by Crippen LogP contribution is 2.40. The first-order valence-electron chi connectivity index (χ1n) is 6.32. The fourth-order valence-electron chi connectivity index (χ4n) is 1.88. The number of hydrogen-bond donors (Lipinski definition) is 3. The SMILES string of the molecule is CC1(CC(=O)N/N=C\c2cc(Br)c(O)c(Br)c2O)OCCO1. The van der Waals surface area contributed by atoms with Crippen LogP contribution in [0.4, 0.5) is 0 Å². The number of hydrogen-bond acceptors (Lipinski definition) is 6. The Hall–Kier alpha value is -1.16. The van der Waals surface area contributed by atoms with Gasteiger partial charge in [-0.05, 0) is 44.8 Å². The molecule has 7 nitrogen and oxygen atoms in total. The summed E-state index contributed by atoms with van der Waals surface area (Å²) >= 11 is 6.20. The number of hydrazone groups is 1. The summed E-state index contributed by atoms with van der Waals surface area (Å²) in [5.74, 6) is -1.61. The molecule has 1 aliphatic heterocycles. The number of nitrogens with zero attached hydrogens (tertiary/aromatic N) is 1. The van der Waals surface area contributed by atoms with Gasteiger partial charge < -0.3 is 19.7 Å². The maximum atomic E-state index is 11.8. The van der Waals surface area contributed by atoms with E-state index < -0.39 is 5.79 Å². The summed E-state index contributed by atoms with van der Waals surface area (Å²) in [5.41, 5.74) is 2.65. The van der Waals surface area contributed by atoms with Gasteiger partial charge >= 0.3 is 0 Å². The fraction of sp³-hybridized carbons (Fsp3) is 0.385. The maximum Gasteiger partial charge on any atom is 0.245 e. The van der Waals surface area contributed by atoms with E-state index in [0.717, 1.165) is 0 Å². The van der Waals surface area contributed by atoms with Crippen LogP contribution in [0.3, 0.4) is 0 Å². The van der Waals surface area contributed by atoms with Crippen molar-refractivity contribution in [2.45, 2.75) is 19.1 Å². The summed E-state index contributed by atoms with van der Waals surface area (Å²) in [4.78, 5) is 11.8. The van der Waals surface area contributed by atoms with Crippen molar-refractivity contribution < 1.29 is 24.5 Å². The van der Waals surface area contributed by atoms with Gasteiger partial charge in [0, 0.05) is 5.56 Å². The molecule has 0 spiro atoms. The van der Waals surface area contributed by atoms with Gasteiger partial charge in [-0.2, -0.15) is 5.10 Å². The van der Waals surface area contributed by atoms with Gasteiger partial charge in [0.25, 0.3) is 0 Å². The van der Waals surface area contributed by atoms with Crippen molar-refractivity contribution in [2.24, 2.45) is 5.10 Å². The number of carbonyl (C=O) groups is 1. The summed E-state index contributed by atoms with van der Waals surface area (Å²) < 4.78 is 11.2. The smallest absolute Gasteiger partial charge is 0.245 e. The summed E-state index contributed by atoms with van der Waals surface area (Å²) in [6.45, 7) is 2.59. The van der Waals surface area contributed by atoms with Crippen LogP contribution in [0.1, 0.15) is 18.9 Å².